The smallest absolute Gasteiger partial charge is 0.344 e. The summed E-state index contributed by atoms with van der Waals surface area (Å²) in [6, 6.07) is 0. The van der Waals surface area contributed by atoms with Crippen molar-refractivity contribution in [2.75, 3.05) is 18.2 Å². The van der Waals surface area contributed by atoms with Gasteiger partial charge in [-0.3, -0.25) is 27.8 Å². The molecule has 0 aliphatic carbocycles. The lowest BCUT2D eigenvalue weighted by molar-refractivity contribution is -0.745. The Balaban J connectivity index is 1.76. The fraction of sp³-hybridized carbons (Fsp3) is 0.583. The maximum Gasteiger partial charge on any atom is 0.344 e. The van der Waals surface area contributed by atoms with E-state index >= 15 is 0 Å². The quantitative estimate of drug-likeness (QED) is 0.105. The van der Waals surface area contributed by atoms with E-state index in [0.717, 1.165) is 0 Å². The van der Waals surface area contributed by atoms with Crippen LogP contribution in [0.3, 0.4) is 0 Å². The lowest BCUT2D eigenvalue weighted by atomic mass is 10.1. The summed E-state index contributed by atoms with van der Waals surface area (Å²) in [7, 11) is -8.27. The van der Waals surface area contributed by atoms with Gasteiger partial charge >= 0.3 is 20.8 Å². The Morgan fingerprint density at radius 3 is 2.55 bits per heavy atom. The highest BCUT2D eigenvalue weighted by Crippen LogP contribution is 2.64. The second-order valence-electron chi connectivity index (χ2n) is 7.16. The number of rotatable bonds is 8. The summed E-state index contributed by atoms with van der Waals surface area (Å²) in [6.07, 6.45) is -4.62. The van der Waals surface area contributed by atoms with E-state index in [2.05, 4.69) is 14.3 Å². The maximum absolute atomic E-state index is 12.1. The van der Waals surface area contributed by atoms with Crippen LogP contribution in [0.5, 0.6) is 0 Å². The zero-order chi connectivity index (χ0) is 24.9. The van der Waals surface area contributed by atoms with Crippen molar-refractivity contribution in [1.82, 2.24) is 14.5 Å². The number of fused-ring (bicyclic) bond motifs is 1. The van der Waals surface area contributed by atoms with Crippen molar-refractivity contribution in [2.45, 2.75) is 24.5 Å². The minimum Gasteiger partial charge on any atom is -0.443 e. The minimum atomic E-state index is -5.11. The third-order valence-electron chi connectivity index (χ3n) is 4.42. The molecule has 0 aromatic carbocycles. The number of hydrogen-bond donors (Lipinski definition) is 7. The van der Waals surface area contributed by atoms with Crippen molar-refractivity contribution in [1.29, 1.82) is 0 Å². The summed E-state index contributed by atoms with van der Waals surface area (Å²) in [5.41, 5.74) is 5.09. The van der Waals surface area contributed by atoms with Gasteiger partial charge in [-0.05, 0) is 0 Å². The van der Waals surface area contributed by atoms with Crippen molar-refractivity contribution in [3.8, 4) is 0 Å². The molecule has 1 aliphatic rings. The number of hydrogen-bond acceptors (Lipinski definition) is 11. The van der Waals surface area contributed by atoms with Crippen molar-refractivity contribution in [3.63, 3.8) is 0 Å². The van der Waals surface area contributed by atoms with Gasteiger partial charge < -0.3 is 52.0 Å². The molecule has 1 fully saturated rings. The molecule has 1 unspecified atom stereocenters. The van der Waals surface area contributed by atoms with Crippen molar-refractivity contribution >= 4 is 47.3 Å². The van der Waals surface area contributed by atoms with Gasteiger partial charge in [0, 0.05) is 0 Å². The molecule has 17 nitrogen and oxygen atoms in total. The number of nitrogen functional groups attached to an aromatic ring is 1. The highest BCUT2D eigenvalue weighted by molar-refractivity contribution is 7.85. The Morgan fingerprint density at radius 1 is 1.30 bits per heavy atom. The van der Waals surface area contributed by atoms with E-state index in [1.807, 2.05) is 0 Å². The van der Waals surface area contributed by atoms with Crippen molar-refractivity contribution in [2.24, 2.45) is 7.05 Å². The molecular formula is C12H20BN5O12P3. The van der Waals surface area contributed by atoms with Gasteiger partial charge in [-0.15, -0.1) is 0 Å². The van der Waals surface area contributed by atoms with Crippen LogP contribution >= 0.6 is 22.7 Å². The fourth-order valence-corrected chi connectivity index (χ4v) is 7.69. The fourth-order valence-electron chi connectivity index (χ4n) is 3.19. The molecule has 183 valence electrons. The number of aromatic nitrogens is 4. The number of anilines is 1. The second-order valence-corrected chi connectivity index (χ2v) is 12.9. The molecule has 0 bridgehead atoms. The van der Waals surface area contributed by atoms with E-state index in [1.165, 1.54) is 22.5 Å². The van der Waals surface area contributed by atoms with Gasteiger partial charge in [-0.25, -0.2) is 4.57 Å². The van der Waals surface area contributed by atoms with E-state index in [1.54, 1.807) is 0 Å². The van der Waals surface area contributed by atoms with E-state index in [-0.39, 0.29) is 17.1 Å². The molecule has 3 radical (unpaired) electrons. The highest BCUT2D eigenvalue weighted by Gasteiger charge is 2.47. The molecular weight excluding hydrogens is 510 g/mol. The Hall–Kier alpha value is -1.42. The predicted molar refractivity (Wildman–Crippen MR) is 109 cm³/mol. The summed E-state index contributed by atoms with van der Waals surface area (Å²) in [4.78, 5) is 45.4. The molecule has 3 rings (SSSR count). The number of nitrogens with two attached hydrogens (primary N) is 1. The Morgan fingerprint density at radius 2 is 1.94 bits per heavy atom. The van der Waals surface area contributed by atoms with Gasteiger partial charge in [0.15, 0.2) is 12.2 Å². The van der Waals surface area contributed by atoms with Gasteiger partial charge in [-0.2, -0.15) is 0 Å². The number of nitrogens with one attached hydrogen (secondary N) is 1. The third kappa shape index (κ3) is 5.99. The standard InChI is InChI=1S/C12H19BN5O12P3/c1-17-3-18(9-6(17)10(21)16-12(14)15-9)11-8(20)7(19)5(29-11)2-28-33(13,27)30-32(25,26)4-31(22,23)24/h3,5,7-8,11,19-20H,2,4H2,1H3,(H5-,14,15,16,21,22,23,24,25,26)/q-1/p+1/t5-,7-,8-,11-,33+/m1/s1. The molecule has 2 aromatic heterocycles. The van der Waals surface area contributed by atoms with E-state index in [9.17, 15) is 33.6 Å². The van der Waals surface area contributed by atoms with Crippen LogP contribution in [0.15, 0.2) is 11.1 Å². The van der Waals surface area contributed by atoms with Crippen LogP contribution in [0.25, 0.3) is 11.2 Å². The van der Waals surface area contributed by atoms with E-state index in [4.69, 9.17) is 32.3 Å². The number of aliphatic hydroxyl groups excluding tert-OH is 2. The largest absolute Gasteiger partial charge is 0.443 e. The highest BCUT2D eigenvalue weighted by atomic mass is 31.3. The second kappa shape index (κ2) is 8.98. The minimum absolute atomic E-state index is 0.0167. The maximum atomic E-state index is 12.1. The molecule has 2 aromatic rings. The summed E-state index contributed by atoms with van der Waals surface area (Å²) in [5.74, 6) is -1.87. The van der Waals surface area contributed by atoms with Gasteiger partial charge in [0.05, 0.1) is 21.1 Å². The molecule has 21 heteroatoms. The van der Waals surface area contributed by atoms with Crippen LogP contribution in [-0.4, -0.2) is 77.8 Å². The lowest BCUT2D eigenvalue weighted by Crippen LogP contribution is -2.46. The lowest BCUT2D eigenvalue weighted by Gasteiger charge is -2.29. The number of aromatic amines is 1. The molecule has 8 N–H and O–H groups in total. The number of H-pyrrole nitrogens is 1. The third-order valence-corrected chi connectivity index (χ3v) is 9.77. The molecule has 0 spiro atoms. The van der Waals surface area contributed by atoms with Crippen LogP contribution in [0, 0.1) is 0 Å². The summed E-state index contributed by atoms with van der Waals surface area (Å²) >= 11 is 0. The predicted octanol–water partition coefficient (Wildman–Crippen LogP) is -2.62. The topological polar surface area (TPSA) is 261 Å². The Bertz CT molecular complexity index is 1260. The average Bonchev–Trinajstić information content (AvgIpc) is 3.07. The monoisotopic (exact) mass is 530 g/mol. The van der Waals surface area contributed by atoms with E-state index < -0.39 is 65.3 Å². The zero-order valence-electron chi connectivity index (χ0n) is 16.7. The first-order chi connectivity index (χ1) is 15.0. The van der Waals surface area contributed by atoms with Gasteiger partial charge in [0.2, 0.25) is 11.7 Å². The number of ether oxygens (including phenoxy) is 1. The van der Waals surface area contributed by atoms with Crippen LogP contribution in [0.4, 0.5) is 5.95 Å². The normalized spacial score (nSPS) is 27.5. The summed E-state index contributed by atoms with van der Waals surface area (Å²) in [5, 5.41) is 20.7. The van der Waals surface area contributed by atoms with E-state index in [0.29, 0.717) is 0 Å². The molecule has 0 amide bonds. The average molecular weight is 530 g/mol. The first kappa shape index (κ1) is 26.2. The molecule has 0 saturated carbocycles. The first-order valence-corrected chi connectivity index (χ1v) is 14.1. The van der Waals surface area contributed by atoms with Crippen LogP contribution in [-0.2, 0) is 34.3 Å². The summed E-state index contributed by atoms with van der Waals surface area (Å²) in [6.45, 7) is -0.820. The first-order valence-electron chi connectivity index (χ1n) is 8.88. The molecule has 1 aliphatic heterocycles. The summed E-state index contributed by atoms with van der Waals surface area (Å²) < 4.78 is 51.7. The molecule has 6 atom stereocenters. The Kier molecular flexibility index (Phi) is 7.13. The van der Waals surface area contributed by atoms with Gasteiger partial charge in [0.25, 0.3) is 11.5 Å². The van der Waals surface area contributed by atoms with Crippen LogP contribution < -0.4 is 15.9 Å². The number of aryl methyl sites for hydroxylation is 1. The van der Waals surface area contributed by atoms with Gasteiger partial charge in [0.1, 0.15) is 18.3 Å². The molecule has 33 heavy (non-hydrogen) atoms. The van der Waals surface area contributed by atoms with Crippen LogP contribution in [0.1, 0.15) is 6.23 Å². The van der Waals surface area contributed by atoms with Crippen molar-refractivity contribution in [3.05, 3.63) is 16.7 Å². The molecule has 1 saturated heterocycles. The Labute approximate surface area is 185 Å². The number of nitrogens with zero attached hydrogens (tertiary/aromatic N) is 3. The SMILES string of the molecule is [B-][P@](=O)(OC[C@H]1O[C@@H]([n+]2cn(C)c3c(=O)[nH]c(N)nc32)[C@H](O)[C@@H]1O)OP(=O)(O)CP(=O)(O)O. The number of aliphatic hydroxyl groups is 2. The van der Waals surface area contributed by atoms with Gasteiger partial charge in [-0.1, -0.05) is 4.98 Å². The van der Waals surface area contributed by atoms with Crippen molar-refractivity contribution < 1.29 is 56.7 Å². The number of imidazole rings is 1. The van der Waals surface area contributed by atoms with Crippen LogP contribution in [0.2, 0.25) is 0 Å². The zero-order valence-corrected chi connectivity index (χ0v) is 19.4. The molecule has 3 heterocycles.